The van der Waals surface area contributed by atoms with Gasteiger partial charge in [-0.2, -0.15) is 0 Å². The first-order valence-corrected chi connectivity index (χ1v) is 5.22. The van der Waals surface area contributed by atoms with Crippen molar-refractivity contribution in [2.24, 2.45) is 5.73 Å². The predicted molar refractivity (Wildman–Crippen MR) is 63.4 cm³/mol. The number of hydrogen-bond acceptors (Lipinski definition) is 2. The minimum absolute atomic E-state index is 0.594. The zero-order valence-corrected chi connectivity index (χ0v) is 9.33. The van der Waals surface area contributed by atoms with Gasteiger partial charge in [0, 0.05) is 6.54 Å². The van der Waals surface area contributed by atoms with Gasteiger partial charge in [-0.3, -0.25) is 0 Å². The average Bonchev–Trinajstić information content (AvgIpc) is 2.25. The van der Waals surface area contributed by atoms with Gasteiger partial charge in [-0.1, -0.05) is 29.8 Å². The molecule has 1 aromatic rings. The van der Waals surface area contributed by atoms with Crippen LogP contribution in [0.1, 0.15) is 24.5 Å². The van der Waals surface area contributed by atoms with Gasteiger partial charge in [0.25, 0.3) is 0 Å². The van der Waals surface area contributed by atoms with Crippen molar-refractivity contribution in [3.8, 4) is 0 Å². The fourth-order valence-corrected chi connectivity index (χ4v) is 1.21. The maximum atomic E-state index is 5.51. The molecule has 0 aliphatic rings. The molecule has 0 saturated heterocycles. The van der Waals surface area contributed by atoms with Crippen LogP contribution in [0.15, 0.2) is 36.4 Å². The molecule has 0 spiro atoms. The second-order valence-electron chi connectivity index (χ2n) is 3.78. The van der Waals surface area contributed by atoms with Gasteiger partial charge in [-0.05, 0) is 24.5 Å². The summed E-state index contributed by atoms with van der Waals surface area (Å²) >= 11 is 0. The lowest BCUT2D eigenvalue weighted by Crippen LogP contribution is -1.98. The third kappa shape index (κ3) is 4.77. The summed E-state index contributed by atoms with van der Waals surface area (Å²) in [7, 11) is 0. The first kappa shape index (κ1) is 12.0. The minimum atomic E-state index is 0.594. The summed E-state index contributed by atoms with van der Waals surface area (Å²) in [4.78, 5) is 0. The molecule has 0 unspecified atom stereocenters. The lowest BCUT2D eigenvalue weighted by molar-refractivity contribution is 0.124. The summed E-state index contributed by atoms with van der Waals surface area (Å²) in [6.07, 6.45) is 0.931. The van der Waals surface area contributed by atoms with Crippen LogP contribution in [0.3, 0.4) is 0 Å². The number of rotatable bonds is 6. The summed E-state index contributed by atoms with van der Waals surface area (Å²) in [6, 6.07) is 8.20. The number of nitrogens with two attached hydrogens (primary N) is 1. The van der Waals surface area contributed by atoms with E-state index in [1.807, 2.05) is 19.1 Å². The standard InChI is InChI=1S/C13H19NO/c1-11(2)7-8-15-10-13-5-3-12(9-14)4-6-13/h3-6H,1,7-10,14H2,2H3. The zero-order valence-electron chi connectivity index (χ0n) is 9.33. The van der Waals surface area contributed by atoms with Crippen molar-refractivity contribution in [2.75, 3.05) is 6.61 Å². The van der Waals surface area contributed by atoms with E-state index in [1.54, 1.807) is 0 Å². The summed E-state index contributed by atoms with van der Waals surface area (Å²) in [5.74, 6) is 0. The van der Waals surface area contributed by atoms with Crippen molar-refractivity contribution in [3.05, 3.63) is 47.5 Å². The Morgan fingerprint density at radius 1 is 1.27 bits per heavy atom. The van der Waals surface area contributed by atoms with Crippen molar-refractivity contribution >= 4 is 0 Å². The van der Waals surface area contributed by atoms with Crippen LogP contribution in [0, 0.1) is 0 Å². The molecule has 2 N–H and O–H groups in total. The Kier molecular flexibility index (Phi) is 5.08. The topological polar surface area (TPSA) is 35.2 Å². The normalized spacial score (nSPS) is 10.3. The smallest absolute Gasteiger partial charge is 0.0717 e. The highest BCUT2D eigenvalue weighted by atomic mass is 16.5. The van der Waals surface area contributed by atoms with Crippen LogP contribution in [0.25, 0.3) is 0 Å². The maximum absolute atomic E-state index is 5.51. The molecule has 2 nitrogen and oxygen atoms in total. The molecule has 0 radical (unpaired) electrons. The fraction of sp³-hybridized carbons (Fsp3) is 0.385. The molecule has 0 amide bonds. The molecule has 0 bridgehead atoms. The molecule has 0 aliphatic carbocycles. The highest BCUT2D eigenvalue weighted by Crippen LogP contribution is 2.06. The van der Waals surface area contributed by atoms with E-state index in [1.165, 1.54) is 5.56 Å². The largest absolute Gasteiger partial charge is 0.376 e. The van der Waals surface area contributed by atoms with E-state index < -0.39 is 0 Å². The van der Waals surface area contributed by atoms with E-state index >= 15 is 0 Å². The SMILES string of the molecule is C=C(C)CCOCc1ccc(CN)cc1. The van der Waals surface area contributed by atoms with Crippen LogP contribution in [0.2, 0.25) is 0 Å². The third-order valence-corrected chi connectivity index (χ3v) is 2.20. The molecule has 0 heterocycles. The van der Waals surface area contributed by atoms with Crippen molar-refractivity contribution < 1.29 is 4.74 Å². The lowest BCUT2D eigenvalue weighted by atomic mass is 10.1. The van der Waals surface area contributed by atoms with E-state index in [9.17, 15) is 0 Å². The summed E-state index contributed by atoms with van der Waals surface area (Å²) in [5.41, 5.74) is 9.02. The van der Waals surface area contributed by atoms with Crippen LogP contribution in [-0.4, -0.2) is 6.61 Å². The Hall–Kier alpha value is -1.12. The van der Waals surface area contributed by atoms with E-state index in [4.69, 9.17) is 10.5 Å². The quantitative estimate of drug-likeness (QED) is 0.572. The Morgan fingerprint density at radius 2 is 1.87 bits per heavy atom. The number of ether oxygens (including phenoxy) is 1. The van der Waals surface area contributed by atoms with Crippen molar-refractivity contribution in [2.45, 2.75) is 26.5 Å². The molecular weight excluding hydrogens is 186 g/mol. The Balaban J connectivity index is 2.28. The third-order valence-electron chi connectivity index (χ3n) is 2.20. The Bertz CT molecular complexity index is 303. The van der Waals surface area contributed by atoms with E-state index in [0.29, 0.717) is 13.2 Å². The van der Waals surface area contributed by atoms with Crippen molar-refractivity contribution in [3.63, 3.8) is 0 Å². The molecule has 82 valence electrons. The molecule has 0 fully saturated rings. The molecule has 1 aromatic carbocycles. The fourth-order valence-electron chi connectivity index (χ4n) is 1.21. The number of hydrogen-bond donors (Lipinski definition) is 1. The van der Waals surface area contributed by atoms with Gasteiger partial charge in [-0.15, -0.1) is 6.58 Å². The van der Waals surface area contributed by atoms with Crippen molar-refractivity contribution in [1.29, 1.82) is 0 Å². The van der Waals surface area contributed by atoms with E-state index in [2.05, 4.69) is 18.7 Å². The molecule has 0 saturated carbocycles. The van der Waals surface area contributed by atoms with Crippen molar-refractivity contribution in [1.82, 2.24) is 0 Å². The van der Waals surface area contributed by atoms with Gasteiger partial charge in [-0.25, -0.2) is 0 Å². The monoisotopic (exact) mass is 205 g/mol. The Labute approximate surface area is 91.7 Å². The van der Waals surface area contributed by atoms with Gasteiger partial charge in [0.05, 0.1) is 13.2 Å². The van der Waals surface area contributed by atoms with Gasteiger partial charge >= 0.3 is 0 Å². The summed E-state index contributed by atoms with van der Waals surface area (Å²) < 4.78 is 5.51. The predicted octanol–water partition coefficient (Wildman–Crippen LogP) is 2.63. The van der Waals surface area contributed by atoms with E-state index in [-0.39, 0.29) is 0 Å². The van der Waals surface area contributed by atoms with E-state index in [0.717, 1.165) is 24.2 Å². The van der Waals surface area contributed by atoms with Gasteiger partial charge in [0.15, 0.2) is 0 Å². The second-order valence-corrected chi connectivity index (χ2v) is 3.78. The molecule has 0 atom stereocenters. The molecular formula is C13H19NO. The maximum Gasteiger partial charge on any atom is 0.0717 e. The Morgan fingerprint density at radius 3 is 2.40 bits per heavy atom. The molecule has 0 aromatic heterocycles. The first-order valence-electron chi connectivity index (χ1n) is 5.22. The number of benzene rings is 1. The van der Waals surface area contributed by atoms with Crippen LogP contribution < -0.4 is 5.73 Å². The summed E-state index contributed by atoms with van der Waals surface area (Å²) in [6.45, 7) is 7.84. The lowest BCUT2D eigenvalue weighted by Gasteiger charge is -2.05. The molecule has 1 rings (SSSR count). The second kappa shape index (κ2) is 6.38. The summed E-state index contributed by atoms with van der Waals surface area (Å²) in [5, 5.41) is 0. The first-order chi connectivity index (χ1) is 7.22. The van der Waals surface area contributed by atoms with Crippen LogP contribution in [-0.2, 0) is 17.9 Å². The zero-order chi connectivity index (χ0) is 11.1. The average molecular weight is 205 g/mol. The highest BCUT2D eigenvalue weighted by molar-refractivity contribution is 5.21. The van der Waals surface area contributed by atoms with Gasteiger partial charge in [0.2, 0.25) is 0 Å². The van der Waals surface area contributed by atoms with Crippen LogP contribution in [0.5, 0.6) is 0 Å². The van der Waals surface area contributed by atoms with Crippen LogP contribution >= 0.6 is 0 Å². The molecule has 2 heteroatoms. The molecule has 15 heavy (non-hydrogen) atoms. The van der Waals surface area contributed by atoms with Gasteiger partial charge in [0.1, 0.15) is 0 Å². The highest BCUT2D eigenvalue weighted by Gasteiger charge is 1.94. The van der Waals surface area contributed by atoms with Gasteiger partial charge < -0.3 is 10.5 Å². The van der Waals surface area contributed by atoms with Crippen LogP contribution in [0.4, 0.5) is 0 Å². The molecule has 0 aliphatic heterocycles. The minimum Gasteiger partial charge on any atom is -0.376 e.